The van der Waals surface area contributed by atoms with E-state index in [-0.39, 0.29) is 12.3 Å². The SMILES string of the molecule is COc1ccc(-c2nc(CC(=O)NCCOc3cccc(C)c3)cs2)cc1. The van der Waals surface area contributed by atoms with Gasteiger partial charge in [-0.05, 0) is 48.9 Å². The van der Waals surface area contributed by atoms with E-state index in [4.69, 9.17) is 9.47 Å². The van der Waals surface area contributed by atoms with Crippen molar-refractivity contribution in [2.24, 2.45) is 0 Å². The van der Waals surface area contributed by atoms with Gasteiger partial charge in [-0.15, -0.1) is 11.3 Å². The third-order valence-electron chi connectivity index (χ3n) is 3.91. The first-order valence-corrected chi connectivity index (χ1v) is 9.57. The summed E-state index contributed by atoms with van der Waals surface area (Å²) >= 11 is 1.53. The van der Waals surface area contributed by atoms with Crippen LogP contribution in [0.25, 0.3) is 10.6 Å². The number of aromatic nitrogens is 1. The topological polar surface area (TPSA) is 60.5 Å². The van der Waals surface area contributed by atoms with E-state index in [2.05, 4.69) is 10.3 Å². The molecule has 1 aromatic heterocycles. The van der Waals surface area contributed by atoms with Gasteiger partial charge in [0.1, 0.15) is 23.1 Å². The molecule has 0 spiro atoms. The van der Waals surface area contributed by atoms with Crippen LogP contribution in [0.3, 0.4) is 0 Å². The second kappa shape index (κ2) is 9.19. The number of carbonyl (C=O) groups is 1. The molecule has 0 aliphatic rings. The molecule has 2 aromatic carbocycles. The summed E-state index contributed by atoms with van der Waals surface area (Å²) in [6.07, 6.45) is 0.261. The number of ether oxygens (including phenoxy) is 2. The highest BCUT2D eigenvalue weighted by Gasteiger charge is 2.09. The van der Waals surface area contributed by atoms with Crippen molar-refractivity contribution in [2.75, 3.05) is 20.3 Å². The molecule has 0 unspecified atom stereocenters. The van der Waals surface area contributed by atoms with Gasteiger partial charge in [-0.25, -0.2) is 4.98 Å². The second-order valence-corrected chi connectivity index (χ2v) is 6.92. The average Bonchev–Trinajstić information content (AvgIpc) is 3.14. The maximum absolute atomic E-state index is 12.1. The summed E-state index contributed by atoms with van der Waals surface area (Å²) < 4.78 is 10.8. The zero-order chi connectivity index (χ0) is 19.1. The van der Waals surface area contributed by atoms with Gasteiger partial charge in [0.05, 0.1) is 25.8 Å². The quantitative estimate of drug-likeness (QED) is 0.601. The summed E-state index contributed by atoms with van der Waals surface area (Å²) in [4.78, 5) is 16.6. The maximum Gasteiger partial charge on any atom is 0.226 e. The van der Waals surface area contributed by atoms with Crippen molar-refractivity contribution in [1.29, 1.82) is 0 Å². The van der Waals surface area contributed by atoms with E-state index in [1.54, 1.807) is 7.11 Å². The molecular weight excluding hydrogens is 360 g/mol. The third kappa shape index (κ3) is 5.56. The van der Waals surface area contributed by atoms with E-state index < -0.39 is 0 Å². The lowest BCUT2D eigenvalue weighted by Gasteiger charge is -2.07. The molecule has 1 N–H and O–H groups in total. The van der Waals surface area contributed by atoms with Crippen LogP contribution in [0.15, 0.2) is 53.9 Å². The summed E-state index contributed by atoms with van der Waals surface area (Å²) in [5.41, 5.74) is 2.93. The number of methoxy groups -OCH3 is 1. The molecule has 0 bridgehead atoms. The van der Waals surface area contributed by atoms with Gasteiger partial charge in [-0.1, -0.05) is 12.1 Å². The highest BCUT2D eigenvalue weighted by Crippen LogP contribution is 2.25. The summed E-state index contributed by atoms with van der Waals surface area (Å²) in [5.74, 6) is 1.56. The molecule has 1 heterocycles. The molecule has 3 rings (SSSR count). The standard InChI is InChI=1S/C21H22N2O3S/c1-15-4-3-5-19(12-15)26-11-10-22-20(24)13-17-14-27-21(23-17)16-6-8-18(25-2)9-7-16/h3-9,12,14H,10-11,13H2,1-2H3,(H,22,24). The molecule has 0 aliphatic carbocycles. The Bertz CT molecular complexity index is 890. The Labute approximate surface area is 163 Å². The molecule has 0 saturated carbocycles. The lowest BCUT2D eigenvalue weighted by atomic mass is 10.2. The summed E-state index contributed by atoms with van der Waals surface area (Å²) in [7, 11) is 1.64. The van der Waals surface area contributed by atoms with Crippen molar-refractivity contribution >= 4 is 17.2 Å². The van der Waals surface area contributed by atoms with E-state index in [1.807, 2.05) is 60.8 Å². The highest BCUT2D eigenvalue weighted by molar-refractivity contribution is 7.13. The Morgan fingerprint density at radius 3 is 2.70 bits per heavy atom. The van der Waals surface area contributed by atoms with Crippen molar-refractivity contribution in [3.05, 3.63) is 65.2 Å². The number of hydrogen-bond acceptors (Lipinski definition) is 5. The Balaban J connectivity index is 1.44. The Kier molecular flexibility index (Phi) is 6.44. The van der Waals surface area contributed by atoms with Gasteiger partial charge in [0.2, 0.25) is 5.91 Å². The van der Waals surface area contributed by atoms with Crippen molar-refractivity contribution in [3.63, 3.8) is 0 Å². The van der Waals surface area contributed by atoms with Crippen LogP contribution in [-0.2, 0) is 11.2 Å². The lowest BCUT2D eigenvalue weighted by molar-refractivity contribution is -0.120. The van der Waals surface area contributed by atoms with Gasteiger partial charge in [-0.3, -0.25) is 4.79 Å². The monoisotopic (exact) mass is 382 g/mol. The molecule has 0 saturated heterocycles. The molecule has 0 atom stereocenters. The van der Waals surface area contributed by atoms with Gasteiger partial charge in [0.25, 0.3) is 0 Å². The number of carbonyl (C=O) groups excluding carboxylic acids is 1. The Morgan fingerprint density at radius 2 is 1.96 bits per heavy atom. The van der Waals surface area contributed by atoms with Crippen LogP contribution in [0.4, 0.5) is 0 Å². The number of aryl methyl sites for hydroxylation is 1. The minimum atomic E-state index is -0.0607. The smallest absolute Gasteiger partial charge is 0.226 e. The number of rotatable bonds is 8. The lowest BCUT2D eigenvalue weighted by Crippen LogP contribution is -2.29. The van der Waals surface area contributed by atoms with E-state index in [9.17, 15) is 4.79 Å². The molecule has 1 amide bonds. The molecule has 6 heteroatoms. The van der Waals surface area contributed by atoms with Crippen LogP contribution in [0.5, 0.6) is 11.5 Å². The first kappa shape index (κ1) is 18.9. The molecule has 0 radical (unpaired) electrons. The first-order chi connectivity index (χ1) is 13.1. The molecule has 3 aromatic rings. The van der Waals surface area contributed by atoms with Crippen LogP contribution in [0, 0.1) is 6.92 Å². The van der Waals surface area contributed by atoms with Crippen molar-refractivity contribution < 1.29 is 14.3 Å². The van der Waals surface area contributed by atoms with Crippen LogP contribution in [-0.4, -0.2) is 31.2 Å². The van der Waals surface area contributed by atoms with Gasteiger partial charge in [0, 0.05) is 10.9 Å². The molecule has 140 valence electrons. The van der Waals surface area contributed by atoms with E-state index in [0.29, 0.717) is 13.2 Å². The van der Waals surface area contributed by atoms with Crippen LogP contribution >= 0.6 is 11.3 Å². The maximum atomic E-state index is 12.1. The second-order valence-electron chi connectivity index (χ2n) is 6.06. The predicted octanol–water partition coefficient (Wildman–Crippen LogP) is 3.86. The van der Waals surface area contributed by atoms with Crippen LogP contribution < -0.4 is 14.8 Å². The average molecular weight is 382 g/mol. The van der Waals surface area contributed by atoms with Gasteiger partial charge in [-0.2, -0.15) is 0 Å². The zero-order valence-electron chi connectivity index (χ0n) is 15.4. The number of thiazole rings is 1. The van der Waals surface area contributed by atoms with Crippen molar-refractivity contribution in [1.82, 2.24) is 10.3 Å². The summed E-state index contributed by atoms with van der Waals surface area (Å²) in [6.45, 7) is 2.91. The number of amides is 1. The number of nitrogens with zero attached hydrogens (tertiary/aromatic N) is 1. The fourth-order valence-corrected chi connectivity index (χ4v) is 3.37. The molecule has 0 aliphatic heterocycles. The normalized spacial score (nSPS) is 10.4. The fraction of sp³-hybridized carbons (Fsp3) is 0.238. The van der Waals surface area contributed by atoms with E-state index in [1.165, 1.54) is 11.3 Å². The van der Waals surface area contributed by atoms with Crippen molar-refractivity contribution in [2.45, 2.75) is 13.3 Å². The molecule has 5 nitrogen and oxygen atoms in total. The minimum absolute atomic E-state index is 0.0607. The third-order valence-corrected chi connectivity index (χ3v) is 4.85. The summed E-state index contributed by atoms with van der Waals surface area (Å²) in [5, 5.41) is 5.68. The fourth-order valence-electron chi connectivity index (χ4n) is 2.55. The van der Waals surface area contributed by atoms with E-state index >= 15 is 0 Å². The molecular formula is C21H22N2O3S. The van der Waals surface area contributed by atoms with E-state index in [0.717, 1.165) is 33.3 Å². The van der Waals surface area contributed by atoms with Gasteiger partial charge in [0.15, 0.2) is 0 Å². The van der Waals surface area contributed by atoms with Gasteiger partial charge < -0.3 is 14.8 Å². The summed E-state index contributed by atoms with van der Waals surface area (Å²) in [6, 6.07) is 15.6. The highest BCUT2D eigenvalue weighted by atomic mass is 32.1. The Morgan fingerprint density at radius 1 is 1.15 bits per heavy atom. The number of hydrogen-bond donors (Lipinski definition) is 1. The predicted molar refractivity (Wildman–Crippen MR) is 107 cm³/mol. The number of nitrogens with one attached hydrogen (secondary N) is 1. The van der Waals surface area contributed by atoms with Gasteiger partial charge >= 0.3 is 0 Å². The van der Waals surface area contributed by atoms with Crippen molar-refractivity contribution in [3.8, 4) is 22.1 Å². The zero-order valence-corrected chi connectivity index (χ0v) is 16.2. The Hall–Kier alpha value is -2.86. The molecule has 0 fully saturated rings. The van der Waals surface area contributed by atoms with Crippen LogP contribution in [0.2, 0.25) is 0 Å². The minimum Gasteiger partial charge on any atom is -0.497 e. The van der Waals surface area contributed by atoms with Crippen LogP contribution in [0.1, 0.15) is 11.3 Å². The molecule has 27 heavy (non-hydrogen) atoms. The largest absolute Gasteiger partial charge is 0.497 e. The number of benzene rings is 2. The first-order valence-electron chi connectivity index (χ1n) is 8.69.